The highest BCUT2D eigenvalue weighted by molar-refractivity contribution is 5.95. The van der Waals surface area contributed by atoms with Gasteiger partial charge in [-0.05, 0) is 36.2 Å². The number of carbonyl (C=O) groups excluding carboxylic acids is 1. The average molecular weight is 282 g/mol. The molecule has 0 radical (unpaired) electrons. The molecule has 3 heterocycles. The monoisotopic (exact) mass is 282 g/mol. The topological polar surface area (TPSA) is 66.9 Å². The lowest BCUT2D eigenvalue weighted by atomic mass is 9.98. The Hall–Kier alpha value is -2.27. The Balaban J connectivity index is 1.63. The first-order chi connectivity index (χ1) is 10.3. The molecule has 2 N–H and O–H groups in total. The molecule has 1 amide bonds. The summed E-state index contributed by atoms with van der Waals surface area (Å²) < 4.78 is 0. The number of carbonyl (C=O) groups is 1. The van der Waals surface area contributed by atoms with Crippen LogP contribution in [0.3, 0.4) is 0 Å². The van der Waals surface area contributed by atoms with Gasteiger partial charge in [-0.1, -0.05) is 6.07 Å². The highest BCUT2D eigenvalue weighted by Gasteiger charge is 2.17. The van der Waals surface area contributed by atoms with Crippen molar-refractivity contribution in [2.75, 3.05) is 13.1 Å². The molecule has 1 aliphatic rings. The van der Waals surface area contributed by atoms with E-state index in [1.807, 2.05) is 24.4 Å². The molecule has 108 valence electrons. The zero-order chi connectivity index (χ0) is 14.5. The van der Waals surface area contributed by atoms with Crippen LogP contribution in [0.4, 0.5) is 0 Å². The van der Waals surface area contributed by atoms with Gasteiger partial charge in [0.1, 0.15) is 0 Å². The van der Waals surface area contributed by atoms with Gasteiger partial charge in [0.2, 0.25) is 0 Å². The molecule has 0 fully saturated rings. The fourth-order valence-corrected chi connectivity index (χ4v) is 2.56. The van der Waals surface area contributed by atoms with Crippen LogP contribution in [0.1, 0.15) is 27.2 Å². The van der Waals surface area contributed by atoms with Crippen molar-refractivity contribution >= 4 is 5.91 Å². The third kappa shape index (κ3) is 3.25. The molecule has 0 unspecified atom stereocenters. The van der Waals surface area contributed by atoms with Crippen molar-refractivity contribution in [2.24, 2.45) is 0 Å². The standard InChI is InChI=1S/C16H18N4O/c21-16(20-8-4-13-3-1-2-6-19-13)15-11-18-10-12-9-17-7-5-14(12)15/h1-3,6,10-11,17H,4-5,7-9H2,(H,20,21). The number of nitrogens with zero attached hydrogens (tertiary/aromatic N) is 2. The zero-order valence-electron chi connectivity index (χ0n) is 11.8. The van der Waals surface area contributed by atoms with Crippen LogP contribution in [0.25, 0.3) is 0 Å². The Bertz CT molecular complexity index is 627. The van der Waals surface area contributed by atoms with Crippen LogP contribution >= 0.6 is 0 Å². The SMILES string of the molecule is O=C(NCCc1ccccn1)c1cncc2c1CCNC2. The van der Waals surface area contributed by atoms with Crippen molar-refractivity contribution in [2.45, 2.75) is 19.4 Å². The maximum absolute atomic E-state index is 12.3. The fraction of sp³-hybridized carbons (Fsp3) is 0.312. The highest BCUT2D eigenvalue weighted by atomic mass is 16.1. The van der Waals surface area contributed by atoms with Crippen molar-refractivity contribution in [3.05, 3.63) is 59.2 Å². The van der Waals surface area contributed by atoms with Crippen molar-refractivity contribution in [1.82, 2.24) is 20.6 Å². The van der Waals surface area contributed by atoms with E-state index in [-0.39, 0.29) is 5.91 Å². The summed E-state index contributed by atoms with van der Waals surface area (Å²) in [5.74, 6) is -0.0443. The van der Waals surface area contributed by atoms with Crippen LogP contribution in [0, 0.1) is 0 Å². The third-order valence-electron chi connectivity index (χ3n) is 3.65. The summed E-state index contributed by atoms with van der Waals surface area (Å²) in [5.41, 5.74) is 3.93. The molecule has 0 saturated carbocycles. The van der Waals surface area contributed by atoms with Crippen molar-refractivity contribution in [3.8, 4) is 0 Å². The minimum atomic E-state index is -0.0443. The van der Waals surface area contributed by atoms with Gasteiger partial charge in [0, 0.05) is 43.8 Å². The number of aromatic nitrogens is 2. The molecule has 5 heteroatoms. The number of hydrogen-bond donors (Lipinski definition) is 2. The number of fused-ring (bicyclic) bond motifs is 1. The quantitative estimate of drug-likeness (QED) is 0.881. The van der Waals surface area contributed by atoms with Crippen LogP contribution in [-0.2, 0) is 19.4 Å². The predicted octanol–water partition coefficient (Wildman–Crippen LogP) is 1.09. The number of nitrogens with one attached hydrogen (secondary N) is 2. The summed E-state index contributed by atoms with van der Waals surface area (Å²) in [6.45, 7) is 2.28. The molecule has 0 aliphatic carbocycles. The van der Waals surface area contributed by atoms with Gasteiger partial charge in [0.25, 0.3) is 5.91 Å². The molecule has 0 aromatic carbocycles. The van der Waals surface area contributed by atoms with Crippen LogP contribution in [-0.4, -0.2) is 29.0 Å². The number of amides is 1. The molecule has 2 aromatic rings. The van der Waals surface area contributed by atoms with Gasteiger partial charge in [-0.15, -0.1) is 0 Å². The van der Waals surface area contributed by atoms with Gasteiger partial charge in [-0.25, -0.2) is 0 Å². The zero-order valence-corrected chi connectivity index (χ0v) is 11.8. The summed E-state index contributed by atoms with van der Waals surface area (Å²) in [6.07, 6.45) is 6.88. The summed E-state index contributed by atoms with van der Waals surface area (Å²) >= 11 is 0. The lowest BCUT2D eigenvalue weighted by Gasteiger charge is -2.19. The molecule has 1 aliphatic heterocycles. The second-order valence-electron chi connectivity index (χ2n) is 5.08. The Morgan fingerprint density at radius 2 is 2.29 bits per heavy atom. The Morgan fingerprint density at radius 3 is 3.14 bits per heavy atom. The van der Waals surface area contributed by atoms with E-state index in [9.17, 15) is 4.79 Å². The van der Waals surface area contributed by atoms with E-state index < -0.39 is 0 Å². The van der Waals surface area contributed by atoms with E-state index in [4.69, 9.17) is 0 Å². The first-order valence-corrected chi connectivity index (χ1v) is 7.19. The van der Waals surface area contributed by atoms with Gasteiger partial charge in [0.15, 0.2) is 0 Å². The van der Waals surface area contributed by atoms with E-state index in [1.165, 1.54) is 0 Å². The van der Waals surface area contributed by atoms with Crippen LogP contribution < -0.4 is 10.6 Å². The van der Waals surface area contributed by atoms with E-state index in [2.05, 4.69) is 20.6 Å². The van der Waals surface area contributed by atoms with Gasteiger partial charge in [-0.3, -0.25) is 14.8 Å². The molecule has 0 bridgehead atoms. The normalized spacial score (nSPS) is 13.5. The van der Waals surface area contributed by atoms with Gasteiger partial charge in [0.05, 0.1) is 5.56 Å². The van der Waals surface area contributed by atoms with Crippen molar-refractivity contribution in [1.29, 1.82) is 0 Å². The molecular formula is C16H18N4O. The van der Waals surface area contributed by atoms with Gasteiger partial charge < -0.3 is 10.6 Å². The highest BCUT2D eigenvalue weighted by Crippen LogP contribution is 2.17. The minimum Gasteiger partial charge on any atom is -0.352 e. The van der Waals surface area contributed by atoms with Crippen LogP contribution in [0.15, 0.2) is 36.8 Å². The van der Waals surface area contributed by atoms with E-state index in [0.29, 0.717) is 12.1 Å². The van der Waals surface area contributed by atoms with Crippen molar-refractivity contribution < 1.29 is 4.79 Å². The fourth-order valence-electron chi connectivity index (χ4n) is 2.56. The molecule has 0 saturated heterocycles. The predicted molar refractivity (Wildman–Crippen MR) is 79.9 cm³/mol. The van der Waals surface area contributed by atoms with E-state index >= 15 is 0 Å². The maximum atomic E-state index is 12.3. The van der Waals surface area contributed by atoms with Crippen molar-refractivity contribution in [3.63, 3.8) is 0 Å². The maximum Gasteiger partial charge on any atom is 0.253 e. The lowest BCUT2D eigenvalue weighted by molar-refractivity contribution is 0.0952. The average Bonchev–Trinajstić information content (AvgIpc) is 2.55. The third-order valence-corrected chi connectivity index (χ3v) is 3.65. The smallest absolute Gasteiger partial charge is 0.253 e. The molecule has 0 atom stereocenters. The minimum absolute atomic E-state index is 0.0443. The van der Waals surface area contributed by atoms with Gasteiger partial charge in [-0.2, -0.15) is 0 Å². The number of hydrogen-bond acceptors (Lipinski definition) is 4. The van der Waals surface area contributed by atoms with Gasteiger partial charge >= 0.3 is 0 Å². The summed E-state index contributed by atoms with van der Waals surface area (Å²) in [6, 6.07) is 5.80. The molecule has 3 rings (SSSR count). The first kappa shape index (κ1) is 13.7. The Labute approximate surface area is 123 Å². The number of rotatable bonds is 4. The first-order valence-electron chi connectivity index (χ1n) is 7.19. The molecular weight excluding hydrogens is 264 g/mol. The number of pyridine rings is 2. The van der Waals surface area contributed by atoms with E-state index in [0.717, 1.165) is 42.8 Å². The Morgan fingerprint density at radius 1 is 1.33 bits per heavy atom. The molecule has 0 spiro atoms. The van der Waals surface area contributed by atoms with Crippen LogP contribution in [0.5, 0.6) is 0 Å². The summed E-state index contributed by atoms with van der Waals surface area (Å²) in [4.78, 5) is 20.7. The Kier molecular flexibility index (Phi) is 4.21. The van der Waals surface area contributed by atoms with E-state index in [1.54, 1.807) is 12.4 Å². The summed E-state index contributed by atoms with van der Waals surface area (Å²) in [7, 11) is 0. The molecule has 2 aromatic heterocycles. The second-order valence-corrected chi connectivity index (χ2v) is 5.08. The summed E-state index contributed by atoms with van der Waals surface area (Å²) in [5, 5.41) is 6.25. The second kappa shape index (κ2) is 6.45. The largest absolute Gasteiger partial charge is 0.352 e. The molecule has 21 heavy (non-hydrogen) atoms. The lowest BCUT2D eigenvalue weighted by Crippen LogP contribution is -2.30. The molecule has 5 nitrogen and oxygen atoms in total. The van der Waals surface area contributed by atoms with Crippen LogP contribution in [0.2, 0.25) is 0 Å².